The summed E-state index contributed by atoms with van der Waals surface area (Å²) < 4.78 is 0. The van der Waals surface area contributed by atoms with Crippen LogP contribution in [0.2, 0.25) is 0 Å². The average Bonchev–Trinajstić information content (AvgIpc) is 2.26. The van der Waals surface area contributed by atoms with Crippen molar-refractivity contribution in [3.8, 4) is 0 Å². The normalized spacial score (nSPS) is 27.6. The molecule has 1 saturated carbocycles. The fourth-order valence-corrected chi connectivity index (χ4v) is 3.73. The van der Waals surface area contributed by atoms with Crippen LogP contribution in [0.5, 0.6) is 0 Å². The van der Waals surface area contributed by atoms with Gasteiger partial charge in [-0.3, -0.25) is 0 Å². The smallest absolute Gasteiger partial charge is 0.0746 e. The predicted octanol–water partition coefficient (Wildman–Crippen LogP) is 4.23. The Balaban J connectivity index is 2.22. The second-order valence-electron chi connectivity index (χ2n) is 8.81. The first kappa shape index (κ1) is 18.0. The highest BCUT2D eigenvalue weighted by molar-refractivity contribution is 4.82. The first-order chi connectivity index (χ1) is 9.10. The molecule has 0 heterocycles. The Morgan fingerprint density at radius 2 is 1.60 bits per heavy atom. The van der Waals surface area contributed by atoms with E-state index in [1.54, 1.807) is 0 Å². The minimum absolute atomic E-state index is 0.472. The molecule has 2 heteroatoms. The van der Waals surface area contributed by atoms with Crippen LogP contribution in [0.1, 0.15) is 73.6 Å². The zero-order chi connectivity index (χ0) is 15.4. The summed E-state index contributed by atoms with van der Waals surface area (Å²) in [5.41, 5.74) is -0.0872. The summed E-state index contributed by atoms with van der Waals surface area (Å²) in [6.07, 6.45) is 6.32. The monoisotopic (exact) mass is 283 g/mol. The lowest BCUT2D eigenvalue weighted by atomic mass is 9.70. The molecule has 1 atom stereocenters. The molecule has 0 aliphatic heterocycles. The standard InChI is InChI=1S/C18H37NO/c1-14(2)11-18(6,20)13-19-12-15-7-9-16(10-8-15)17(3,4)5/h14-16,19-20H,7-13H2,1-6H3. The van der Waals surface area contributed by atoms with E-state index >= 15 is 0 Å². The molecule has 120 valence electrons. The Labute approximate surface area is 126 Å². The van der Waals surface area contributed by atoms with Gasteiger partial charge in [-0.2, -0.15) is 0 Å². The molecule has 0 spiro atoms. The van der Waals surface area contributed by atoms with Gasteiger partial charge in [0.1, 0.15) is 0 Å². The summed E-state index contributed by atoms with van der Waals surface area (Å²) in [7, 11) is 0. The van der Waals surface area contributed by atoms with E-state index in [4.69, 9.17) is 0 Å². The maximum absolute atomic E-state index is 10.3. The molecule has 0 aromatic rings. The van der Waals surface area contributed by atoms with Crippen molar-refractivity contribution in [3.63, 3.8) is 0 Å². The molecular formula is C18H37NO. The predicted molar refractivity (Wildman–Crippen MR) is 87.9 cm³/mol. The molecule has 0 bridgehead atoms. The molecule has 1 unspecified atom stereocenters. The lowest BCUT2D eigenvalue weighted by Crippen LogP contribution is -2.41. The lowest BCUT2D eigenvalue weighted by Gasteiger charge is -2.37. The zero-order valence-electron chi connectivity index (χ0n) is 14.6. The second kappa shape index (κ2) is 7.26. The van der Waals surface area contributed by atoms with Crippen LogP contribution in [-0.2, 0) is 0 Å². The third-order valence-corrected chi connectivity index (χ3v) is 4.86. The van der Waals surface area contributed by atoms with Crippen molar-refractivity contribution < 1.29 is 5.11 Å². The van der Waals surface area contributed by atoms with Crippen LogP contribution in [0.4, 0.5) is 0 Å². The number of rotatable bonds is 6. The van der Waals surface area contributed by atoms with Gasteiger partial charge < -0.3 is 10.4 Å². The maximum atomic E-state index is 10.3. The highest BCUT2D eigenvalue weighted by Gasteiger charge is 2.29. The summed E-state index contributed by atoms with van der Waals surface area (Å²) in [4.78, 5) is 0. The number of aliphatic hydroxyl groups is 1. The Bertz CT molecular complexity index is 270. The largest absolute Gasteiger partial charge is 0.389 e. The molecule has 1 fully saturated rings. The first-order valence-corrected chi connectivity index (χ1v) is 8.53. The average molecular weight is 284 g/mol. The Morgan fingerprint density at radius 1 is 1.05 bits per heavy atom. The van der Waals surface area contributed by atoms with Crippen molar-refractivity contribution in [2.24, 2.45) is 23.2 Å². The Kier molecular flexibility index (Phi) is 6.53. The number of hydrogen-bond donors (Lipinski definition) is 2. The fourth-order valence-electron chi connectivity index (χ4n) is 3.73. The van der Waals surface area contributed by atoms with Crippen molar-refractivity contribution in [1.82, 2.24) is 5.32 Å². The van der Waals surface area contributed by atoms with E-state index in [1.807, 2.05) is 6.92 Å². The van der Waals surface area contributed by atoms with Gasteiger partial charge in [-0.05, 0) is 68.7 Å². The van der Waals surface area contributed by atoms with Crippen LogP contribution in [0, 0.1) is 23.2 Å². The quantitative estimate of drug-likeness (QED) is 0.765. The molecule has 0 radical (unpaired) electrons. The van der Waals surface area contributed by atoms with Crippen LogP contribution < -0.4 is 5.32 Å². The van der Waals surface area contributed by atoms with Crippen molar-refractivity contribution >= 4 is 0 Å². The molecule has 0 amide bonds. The second-order valence-corrected chi connectivity index (χ2v) is 8.81. The van der Waals surface area contributed by atoms with Gasteiger partial charge in [0.15, 0.2) is 0 Å². The minimum Gasteiger partial charge on any atom is -0.389 e. The summed E-state index contributed by atoms with van der Waals surface area (Å²) in [6, 6.07) is 0. The van der Waals surface area contributed by atoms with E-state index in [2.05, 4.69) is 39.9 Å². The fraction of sp³-hybridized carbons (Fsp3) is 1.00. The third-order valence-electron chi connectivity index (χ3n) is 4.86. The van der Waals surface area contributed by atoms with Crippen LogP contribution in [-0.4, -0.2) is 23.8 Å². The maximum Gasteiger partial charge on any atom is 0.0746 e. The molecular weight excluding hydrogens is 246 g/mol. The third kappa shape index (κ3) is 6.58. The summed E-state index contributed by atoms with van der Waals surface area (Å²) in [5.74, 6) is 2.25. The highest BCUT2D eigenvalue weighted by atomic mass is 16.3. The van der Waals surface area contributed by atoms with Crippen molar-refractivity contribution in [1.29, 1.82) is 0 Å². The highest BCUT2D eigenvalue weighted by Crippen LogP contribution is 2.39. The number of hydrogen-bond acceptors (Lipinski definition) is 2. The van der Waals surface area contributed by atoms with Gasteiger partial charge in [-0.25, -0.2) is 0 Å². The zero-order valence-corrected chi connectivity index (χ0v) is 14.6. The van der Waals surface area contributed by atoms with Gasteiger partial charge in [-0.15, -0.1) is 0 Å². The number of nitrogens with one attached hydrogen (secondary N) is 1. The molecule has 1 aliphatic carbocycles. The van der Waals surface area contributed by atoms with Crippen molar-refractivity contribution in [2.75, 3.05) is 13.1 Å². The van der Waals surface area contributed by atoms with Gasteiger partial charge >= 0.3 is 0 Å². The molecule has 2 nitrogen and oxygen atoms in total. The summed E-state index contributed by atoms with van der Waals surface area (Å²) in [6.45, 7) is 15.2. The van der Waals surface area contributed by atoms with Gasteiger partial charge in [0.2, 0.25) is 0 Å². The molecule has 20 heavy (non-hydrogen) atoms. The SMILES string of the molecule is CC(C)CC(C)(O)CNCC1CCC(C(C)(C)C)CC1. The summed E-state index contributed by atoms with van der Waals surface area (Å²) >= 11 is 0. The molecule has 2 N–H and O–H groups in total. The van der Waals surface area contributed by atoms with Gasteiger partial charge in [-0.1, -0.05) is 34.6 Å². The van der Waals surface area contributed by atoms with E-state index in [0.717, 1.165) is 31.3 Å². The van der Waals surface area contributed by atoms with E-state index in [-0.39, 0.29) is 0 Å². The molecule has 0 aromatic carbocycles. The molecule has 0 saturated heterocycles. The van der Waals surface area contributed by atoms with Gasteiger partial charge in [0, 0.05) is 6.54 Å². The van der Waals surface area contributed by atoms with E-state index in [1.165, 1.54) is 25.7 Å². The summed E-state index contributed by atoms with van der Waals surface area (Å²) in [5, 5.41) is 13.8. The first-order valence-electron chi connectivity index (χ1n) is 8.53. The van der Waals surface area contributed by atoms with Crippen molar-refractivity contribution in [2.45, 2.75) is 79.2 Å². The van der Waals surface area contributed by atoms with E-state index in [0.29, 0.717) is 11.3 Å². The Hall–Kier alpha value is -0.0800. The van der Waals surface area contributed by atoms with E-state index in [9.17, 15) is 5.11 Å². The molecule has 1 rings (SSSR count). The molecule has 1 aliphatic rings. The van der Waals surface area contributed by atoms with Gasteiger partial charge in [0.25, 0.3) is 0 Å². The van der Waals surface area contributed by atoms with Crippen LogP contribution in [0.25, 0.3) is 0 Å². The van der Waals surface area contributed by atoms with Gasteiger partial charge in [0.05, 0.1) is 5.60 Å². The van der Waals surface area contributed by atoms with Crippen LogP contribution in [0.15, 0.2) is 0 Å². The molecule has 0 aromatic heterocycles. The van der Waals surface area contributed by atoms with Crippen molar-refractivity contribution in [3.05, 3.63) is 0 Å². The van der Waals surface area contributed by atoms with Crippen LogP contribution >= 0.6 is 0 Å². The van der Waals surface area contributed by atoms with Crippen LogP contribution in [0.3, 0.4) is 0 Å². The minimum atomic E-state index is -0.559. The lowest BCUT2D eigenvalue weighted by molar-refractivity contribution is 0.0367. The topological polar surface area (TPSA) is 32.3 Å². The van der Waals surface area contributed by atoms with E-state index < -0.39 is 5.60 Å². The Morgan fingerprint density at radius 3 is 2.05 bits per heavy atom.